The zero-order chi connectivity index (χ0) is 15.8. The van der Waals surface area contributed by atoms with Crippen molar-refractivity contribution in [1.82, 2.24) is 0 Å². The van der Waals surface area contributed by atoms with Crippen LogP contribution in [0, 0.1) is 0 Å². The molecule has 0 fully saturated rings. The van der Waals surface area contributed by atoms with E-state index in [2.05, 4.69) is 10.5 Å². The second-order valence-electron chi connectivity index (χ2n) is 4.37. The van der Waals surface area contributed by atoms with Crippen molar-refractivity contribution in [3.05, 3.63) is 65.7 Å². The first-order chi connectivity index (χ1) is 10.7. The van der Waals surface area contributed by atoms with Crippen LogP contribution >= 0.6 is 0 Å². The minimum atomic E-state index is -0.949. The fourth-order valence-corrected chi connectivity index (χ4v) is 1.79. The van der Waals surface area contributed by atoms with Crippen molar-refractivity contribution in [3.8, 4) is 5.75 Å². The van der Waals surface area contributed by atoms with Gasteiger partial charge in [-0.3, -0.25) is 5.43 Å². The summed E-state index contributed by atoms with van der Waals surface area (Å²) in [6.45, 7) is 0. The van der Waals surface area contributed by atoms with E-state index >= 15 is 0 Å². The van der Waals surface area contributed by atoms with E-state index in [-0.39, 0.29) is 5.56 Å². The molecule has 0 heterocycles. The Bertz CT molecular complexity index is 691. The Hall–Kier alpha value is -3.08. The third kappa shape index (κ3) is 4.21. The Morgan fingerprint density at radius 2 is 1.91 bits per heavy atom. The molecule has 2 aromatic rings. The van der Waals surface area contributed by atoms with Crippen LogP contribution < -0.4 is 10.2 Å². The lowest BCUT2D eigenvalue weighted by atomic mass is 10.2. The molecule has 22 heavy (non-hydrogen) atoms. The number of hydrogen-bond acceptors (Lipinski definition) is 4. The van der Waals surface area contributed by atoms with Gasteiger partial charge in [0.2, 0.25) is 0 Å². The molecule has 2 rings (SSSR count). The summed E-state index contributed by atoms with van der Waals surface area (Å²) >= 11 is 0. The van der Waals surface area contributed by atoms with Crippen LogP contribution in [-0.4, -0.2) is 24.4 Å². The van der Waals surface area contributed by atoms with Crippen molar-refractivity contribution in [3.63, 3.8) is 0 Å². The van der Waals surface area contributed by atoms with E-state index in [9.17, 15) is 4.79 Å². The number of carboxylic acids is 1. The molecule has 0 saturated carbocycles. The first kappa shape index (κ1) is 15.3. The first-order valence-corrected chi connectivity index (χ1v) is 6.63. The lowest BCUT2D eigenvalue weighted by Crippen LogP contribution is -1.96. The topological polar surface area (TPSA) is 70.9 Å². The first-order valence-electron chi connectivity index (χ1n) is 6.63. The Morgan fingerprint density at radius 1 is 1.18 bits per heavy atom. The van der Waals surface area contributed by atoms with Gasteiger partial charge < -0.3 is 9.84 Å². The quantitative estimate of drug-likeness (QED) is 0.632. The normalized spacial score (nSPS) is 11.0. The van der Waals surface area contributed by atoms with Gasteiger partial charge in [0.15, 0.2) is 0 Å². The minimum absolute atomic E-state index is 0.241. The van der Waals surface area contributed by atoms with Crippen LogP contribution in [0.15, 0.2) is 59.7 Å². The number of para-hydroxylation sites is 1. The van der Waals surface area contributed by atoms with E-state index in [1.165, 1.54) is 12.1 Å². The number of hydrazone groups is 1. The second-order valence-corrected chi connectivity index (χ2v) is 4.37. The van der Waals surface area contributed by atoms with Crippen LogP contribution in [0.3, 0.4) is 0 Å². The van der Waals surface area contributed by atoms with Gasteiger partial charge in [-0.05, 0) is 42.5 Å². The zero-order valence-electron chi connectivity index (χ0n) is 12.1. The van der Waals surface area contributed by atoms with E-state index in [1.54, 1.807) is 31.5 Å². The van der Waals surface area contributed by atoms with Gasteiger partial charge in [0.1, 0.15) is 5.75 Å². The van der Waals surface area contributed by atoms with Crippen molar-refractivity contribution in [2.45, 2.75) is 0 Å². The van der Waals surface area contributed by atoms with Gasteiger partial charge in [-0.15, -0.1) is 0 Å². The molecule has 0 radical (unpaired) electrons. The van der Waals surface area contributed by atoms with E-state index in [4.69, 9.17) is 9.84 Å². The number of allylic oxidation sites excluding steroid dienone is 1. The number of rotatable bonds is 6. The molecule has 0 amide bonds. The van der Waals surface area contributed by atoms with E-state index < -0.39 is 5.97 Å². The molecule has 0 bridgehead atoms. The maximum atomic E-state index is 10.7. The Morgan fingerprint density at radius 3 is 2.59 bits per heavy atom. The lowest BCUT2D eigenvalue weighted by Gasteiger charge is -2.02. The molecule has 2 aromatic carbocycles. The fourth-order valence-electron chi connectivity index (χ4n) is 1.79. The number of carboxylic acid groups (broad SMARTS) is 1. The largest absolute Gasteiger partial charge is 0.496 e. The Balaban J connectivity index is 1.92. The van der Waals surface area contributed by atoms with Crippen molar-refractivity contribution in [2.24, 2.45) is 5.10 Å². The number of nitrogens with zero attached hydrogens (tertiary/aromatic N) is 1. The van der Waals surface area contributed by atoms with Crippen LogP contribution in [0.4, 0.5) is 5.69 Å². The average molecular weight is 296 g/mol. The van der Waals surface area contributed by atoms with E-state index in [0.717, 1.165) is 11.3 Å². The molecule has 112 valence electrons. The molecule has 0 atom stereocenters. The van der Waals surface area contributed by atoms with Gasteiger partial charge in [0.25, 0.3) is 0 Å². The highest BCUT2D eigenvalue weighted by Crippen LogP contribution is 2.18. The van der Waals surface area contributed by atoms with Gasteiger partial charge in [-0.1, -0.05) is 18.2 Å². The molecule has 5 heteroatoms. The number of nitrogens with one attached hydrogen (secondary N) is 1. The summed E-state index contributed by atoms with van der Waals surface area (Å²) in [5, 5.41) is 12.8. The van der Waals surface area contributed by atoms with Gasteiger partial charge in [-0.2, -0.15) is 5.10 Å². The lowest BCUT2D eigenvalue weighted by molar-refractivity contribution is 0.0697. The van der Waals surface area contributed by atoms with E-state index in [0.29, 0.717) is 5.69 Å². The highest BCUT2D eigenvalue weighted by Gasteiger charge is 2.00. The minimum Gasteiger partial charge on any atom is -0.496 e. The third-order valence-corrected chi connectivity index (χ3v) is 2.90. The number of carbonyl (C=O) groups is 1. The van der Waals surface area contributed by atoms with Crippen molar-refractivity contribution in [2.75, 3.05) is 12.5 Å². The summed E-state index contributed by atoms with van der Waals surface area (Å²) < 4.78 is 5.24. The third-order valence-electron chi connectivity index (χ3n) is 2.90. The Kier molecular flexibility index (Phi) is 5.31. The molecule has 0 aliphatic carbocycles. The number of anilines is 1. The number of hydrogen-bond donors (Lipinski definition) is 2. The predicted octanol–water partition coefficient (Wildman–Crippen LogP) is 3.50. The Labute approximate surface area is 128 Å². The number of methoxy groups -OCH3 is 1. The average Bonchev–Trinajstić information content (AvgIpc) is 2.55. The molecule has 0 unspecified atom stereocenters. The van der Waals surface area contributed by atoms with Crippen LogP contribution in [0.1, 0.15) is 15.9 Å². The van der Waals surface area contributed by atoms with Crippen LogP contribution in [0.2, 0.25) is 0 Å². The van der Waals surface area contributed by atoms with Crippen molar-refractivity contribution < 1.29 is 14.6 Å². The summed E-state index contributed by atoms with van der Waals surface area (Å²) in [6, 6.07) is 14.0. The number of benzene rings is 2. The van der Waals surface area contributed by atoms with Crippen molar-refractivity contribution >= 4 is 23.9 Å². The summed E-state index contributed by atoms with van der Waals surface area (Å²) in [6.07, 6.45) is 5.28. The van der Waals surface area contributed by atoms with Crippen LogP contribution in [-0.2, 0) is 0 Å². The van der Waals surface area contributed by atoms with E-state index in [1.807, 2.05) is 30.3 Å². The van der Waals surface area contributed by atoms with Crippen LogP contribution in [0.25, 0.3) is 6.08 Å². The van der Waals surface area contributed by atoms with Crippen LogP contribution in [0.5, 0.6) is 5.75 Å². The standard InChI is InChI=1S/C17H16N2O3/c1-22-16-7-3-2-5-13(16)6-4-12-18-19-15-10-8-14(9-11-15)17(20)21/h2-12,19H,1H3,(H,20,21)/b6-4+,18-12+. The van der Waals surface area contributed by atoms with Gasteiger partial charge >= 0.3 is 5.97 Å². The molecule has 0 spiro atoms. The van der Waals surface area contributed by atoms with Gasteiger partial charge in [-0.25, -0.2) is 4.79 Å². The second kappa shape index (κ2) is 7.64. The summed E-state index contributed by atoms with van der Waals surface area (Å²) in [5.41, 5.74) is 4.74. The summed E-state index contributed by atoms with van der Waals surface area (Å²) in [5.74, 6) is -0.154. The molecule has 0 aromatic heterocycles. The molecular weight excluding hydrogens is 280 g/mol. The fraction of sp³-hybridized carbons (Fsp3) is 0.0588. The SMILES string of the molecule is COc1ccccc1/C=C/C=N/Nc1ccc(C(=O)O)cc1. The molecule has 5 nitrogen and oxygen atoms in total. The summed E-state index contributed by atoms with van der Waals surface area (Å²) in [4.78, 5) is 10.7. The predicted molar refractivity (Wildman–Crippen MR) is 87.5 cm³/mol. The maximum absolute atomic E-state index is 10.7. The smallest absolute Gasteiger partial charge is 0.335 e. The molecule has 0 aliphatic rings. The highest BCUT2D eigenvalue weighted by atomic mass is 16.5. The summed E-state index contributed by atoms with van der Waals surface area (Å²) in [7, 11) is 1.63. The monoisotopic (exact) mass is 296 g/mol. The maximum Gasteiger partial charge on any atom is 0.335 e. The molecule has 2 N–H and O–H groups in total. The molecular formula is C17H16N2O3. The van der Waals surface area contributed by atoms with Gasteiger partial charge in [0, 0.05) is 11.8 Å². The number of ether oxygens (including phenoxy) is 1. The zero-order valence-corrected chi connectivity index (χ0v) is 12.1. The molecule has 0 saturated heterocycles. The van der Waals surface area contributed by atoms with Crippen molar-refractivity contribution in [1.29, 1.82) is 0 Å². The highest BCUT2D eigenvalue weighted by molar-refractivity contribution is 5.88. The molecule has 0 aliphatic heterocycles. The number of aromatic carboxylic acids is 1. The van der Waals surface area contributed by atoms with Gasteiger partial charge in [0.05, 0.1) is 18.4 Å².